The highest BCUT2D eigenvalue weighted by molar-refractivity contribution is 7.89. The Labute approximate surface area is 109 Å². The van der Waals surface area contributed by atoms with Gasteiger partial charge in [0.05, 0.1) is 12.7 Å². The van der Waals surface area contributed by atoms with Crippen molar-refractivity contribution < 1.29 is 17.3 Å². The summed E-state index contributed by atoms with van der Waals surface area (Å²) in [4.78, 5) is -0.482. The zero-order valence-electron chi connectivity index (χ0n) is 10.1. The average molecular weight is 285 g/mol. The summed E-state index contributed by atoms with van der Waals surface area (Å²) in [7, 11) is -4.00. The van der Waals surface area contributed by atoms with Crippen molar-refractivity contribution in [3.63, 3.8) is 0 Å². The molecule has 2 rings (SSSR count). The van der Waals surface area contributed by atoms with Crippen molar-refractivity contribution in [3.05, 3.63) is 41.5 Å². The van der Waals surface area contributed by atoms with Crippen molar-refractivity contribution in [2.45, 2.75) is 18.4 Å². The maximum absolute atomic E-state index is 13.8. The number of benzene rings is 1. The number of nitrogens with zero attached hydrogens (tertiary/aromatic N) is 1. The fourth-order valence-corrected chi connectivity index (χ4v) is 2.71. The smallest absolute Gasteiger partial charge is 0.243 e. The van der Waals surface area contributed by atoms with Gasteiger partial charge in [0, 0.05) is 11.8 Å². The van der Waals surface area contributed by atoms with Gasteiger partial charge < -0.3 is 10.3 Å². The van der Waals surface area contributed by atoms with Crippen molar-refractivity contribution in [2.75, 3.05) is 5.73 Å². The van der Waals surface area contributed by atoms with E-state index in [9.17, 15) is 12.8 Å². The number of nitrogens with one attached hydrogen (secondary N) is 1. The zero-order chi connectivity index (χ0) is 14.0. The normalized spacial score (nSPS) is 11.7. The van der Waals surface area contributed by atoms with Gasteiger partial charge in [-0.2, -0.15) is 0 Å². The molecule has 0 amide bonds. The van der Waals surface area contributed by atoms with E-state index in [1.54, 1.807) is 0 Å². The van der Waals surface area contributed by atoms with Gasteiger partial charge in [0.1, 0.15) is 10.7 Å². The molecule has 0 atom stereocenters. The molecule has 0 aliphatic carbocycles. The molecule has 1 aromatic heterocycles. The number of aryl methyl sites for hydroxylation is 1. The first-order chi connectivity index (χ1) is 8.90. The lowest BCUT2D eigenvalue weighted by Crippen LogP contribution is -2.24. The van der Waals surface area contributed by atoms with Gasteiger partial charge in [0.25, 0.3) is 0 Å². The van der Waals surface area contributed by atoms with E-state index in [2.05, 4.69) is 9.88 Å². The highest BCUT2D eigenvalue weighted by Gasteiger charge is 2.21. The van der Waals surface area contributed by atoms with Crippen LogP contribution in [0.1, 0.15) is 11.3 Å². The van der Waals surface area contributed by atoms with Crippen LogP contribution in [0.2, 0.25) is 0 Å². The Balaban J connectivity index is 2.29. The van der Waals surface area contributed by atoms with Gasteiger partial charge in [-0.05, 0) is 24.6 Å². The Kier molecular flexibility index (Phi) is 3.54. The number of rotatable bonds is 4. The molecule has 0 saturated carbocycles. The third-order valence-electron chi connectivity index (χ3n) is 2.46. The van der Waals surface area contributed by atoms with Crippen LogP contribution in [-0.2, 0) is 16.6 Å². The molecule has 0 aliphatic rings. The molecule has 1 heterocycles. The van der Waals surface area contributed by atoms with Crippen molar-refractivity contribution in [1.29, 1.82) is 0 Å². The summed E-state index contributed by atoms with van der Waals surface area (Å²) in [6.45, 7) is 1.33. The van der Waals surface area contributed by atoms with Crippen LogP contribution in [0.15, 0.2) is 33.8 Å². The summed E-state index contributed by atoms with van der Waals surface area (Å²) in [6, 6.07) is 3.94. The highest BCUT2D eigenvalue weighted by atomic mass is 32.2. The first-order valence-electron chi connectivity index (χ1n) is 5.35. The molecule has 0 fully saturated rings. The number of halogens is 1. The van der Waals surface area contributed by atoms with E-state index in [1.165, 1.54) is 25.3 Å². The van der Waals surface area contributed by atoms with Crippen molar-refractivity contribution in [2.24, 2.45) is 0 Å². The number of hydrogen-bond donors (Lipinski definition) is 2. The van der Waals surface area contributed by atoms with Gasteiger partial charge in [-0.3, -0.25) is 0 Å². The SMILES string of the molecule is Cc1cc(N)cc(S(=O)(=O)NCc2ccno2)c1F. The monoisotopic (exact) mass is 285 g/mol. The molecule has 2 aromatic rings. The Morgan fingerprint density at radius 1 is 1.47 bits per heavy atom. The van der Waals surface area contributed by atoms with Crippen LogP contribution in [0.3, 0.4) is 0 Å². The second-order valence-corrected chi connectivity index (χ2v) is 5.69. The minimum Gasteiger partial charge on any atom is -0.399 e. The molecule has 19 heavy (non-hydrogen) atoms. The summed E-state index contributed by atoms with van der Waals surface area (Å²) >= 11 is 0. The molecule has 1 aromatic carbocycles. The minimum atomic E-state index is -4.00. The van der Waals surface area contributed by atoms with Gasteiger partial charge in [-0.25, -0.2) is 17.5 Å². The number of hydrogen-bond acceptors (Lipinski definition) is 5. The molecule has 0 unspecified atom stereocenters. The molecular formula is C11H12FN3O3S. The van der Waals surface area contributed by atoms with E-state index < -0.39 is 20.7 Å². The topological polar surface area (TPSA) is 98.2 Å². The fraction of sp³-hybridized carbons (Fsp3) is 0.182. The highest BCUT2D eigenvalue weighted by Crippen LogP contribution is 2.21. The van der Waals surface area contributed by atoms with Crippen LogP contribution in [-0.4, -0.2) is 13.6 Å². The first-order valence-corrected chi connectivity index (χ1v) is 6.83. The number of nitrogens with two attached hydrogens (primary N) is 1. The molecule has 0 radical (unpaired) electrons. The summed E-state index contributed by atoms with van der Waals surface area (Å²) in [5, 5.41) is 3.44. The quantitative estimate of drug-likeness (QED) is 0.822. The molecule has 0 spiro atoms. The van der Waals surface area contributed by atoms with Crippen LogP contribution < -0.4 is 10.5 Å². The van der Waals surface area contributed by atoms with Crippen molar-refractivity contribution >= 4 is 15.7 Å². The summed E-state index contributed by atoms with van der Waals surface area (Å²) in [6.07, 6.45) is 1.38. The third kappa shape index (κ3) is 2.91. The van der Waals surface area contributed by atoms with E-state index in [4.69, 9.17) is 10.3 Å². The minimum absolute atomic E-state index is 0.115. The first kappa shape index (κ1) is 13.5. The number of anilines is 1. The maximum Gasteiger partial charge on any atom is 0.243 e. The summed E-state index contributed by atoms with van der Waals surface area (Å²) in [5.41, 5.74) is 5.87. The third-order valence-corrected chi connectivity index (χ3v) is 3.86. The maximum atomic E-state index is 13.8. The predicted molar refractivity (Wildman–Crippen MR) is 66.1 cm³/mol. The summed E-state index contributed by atoms with van der Waals surface area (Å²) in [5.74, 6) is -0.496. The van der Waals surface area contributed by atoms with Crippen LogP contribution in [0.5, 0.6) is 0 Å². The van der Waals surface area contributed by atoms with Crippen molar-refractivity contribution in [3.8, 4) is 0 Å². The number of nitrogen functional groups attached to an aromatic ring is 1. The lowest BCUT2D eigenvalue weighted by Gasteiger charge is -2.09. The molecule has 0 aliphatic heterocycles. The standard InChI is InChI=1S/C11H12FN3O3S/c1-7-4-8(13)5-10(11(7)12)19(16,17)15-6-9-2-3-14-18-9/h2-5,15H,6,13H2,1H3. The van der Waals surface area contributed by atoms with Crippen LogP contribution in [0.4, 0.5) is 10.1 Å². The Bertz CT molecular complexity index is 683. The van der Waals surface area contributed by atoms with E-state index >= 15 is 0 Å². The lowest BCUT2D eigenvalue weighted by molar-refractivity contribution is 0.380. The van der Waals surface area contributed by atoms with Crippen LogP contribution >= 0.6 is 0 Å². The Morgan fingerprint density at radius 2 is 2.21 bits per heavy atom. The molecule has 3 N–H and O–H groups in total. The molecule has 102 valence electrons. The lowest BCUT2D eigenvalue weighted by atomic mass is 10.2. The predicted octanol–water partition coefficient (Wildman–Crippen LogP) is 1.18. The van der Waals surface area contributed by atoms with Gasteiger partial charge in [0.2, 0.25) is 10.0 Å². The molecule has 8 heteroatoms. The summed E-state index contributed by atoms with van der Waals surface area (Å²) < 4.78 is 44.8. The molecule has 0 saturated heterocycles. The Morgan fingerprint density at radius 3 is 2.84 bits per heavy atom. The van der Waals surface area contributed by atoms with E-state index in [1.807, 2.05) is 0 Å². The number of aromatic nitrogens is 1. The van der Waals surface area contributed by atoms with Gasteiger partial charge in [0.15, 0.2) is 5.76 Å². The van der Waals surface area contributed by atoms with Gasteiger partial charge in [-0.15, -0.1) is 0 Å². The second kappa shape index (κ2) is 4.98. The van der Waals surface area contributed by atoms with Gasteiger partial charge in [-0.1, -0.05) is 5.16 Å². The van der Waals surface area contributed by atoms with E-state index in [0.717, 1.165) is 6.07 Å². The zero-order valence-corrected chi connectivity index (χ0v) is 10.9. The molecule has 6 nitrogen and oxygen atoms in total. The van der Waals surface area contributed by atoms with Crippen LogP contribution in [0.25, 0.3) is 0 Å². The fourth-order valence-electron chi connectivity index (χ4n) is 1.54. The molecular weight excluding hydrogens is 273 g/mol. The van der Waals surface area contributed by atoms with Gasteiger partial charge >= 0.3 is 0 Å². The van der Waals surface area contributed by atoms with Crippen molar-refractivity contribution in [1.82, 2.24) is 9.88 Å². The number of sulfonamides is 1. The average Bonchev–Trinajstić information content (AvgIpc) is 2.84. The largest absolute Gasteiger partial charge is 0.399 e. The van der Waals surface area contributed by atoms with E-state index in [-0.39, 0.29) is 17.8 Å². The van der Waals surface area contributed by atoms with Crippen LogP contribution in [0, 0.1) is 12.7 Å². The van der Waals surface area contributed by atoms with E-state index in [0.29, 0.717) is 5.76 Å². The Hall–Kier alpha value is -1.93. The molecule has 0 bridgehead atoms. The second-order valence-electron chi connectivity index (χ2n) is 3.95.